The summed E-state index contributed by atoms with van der Waals surface area (Å²) >= 11 is 0. The molecular formula is C12H22N2O2. The number of hydrogen-bond donors (Lipinski definition) is 1. The third kappa shape index (κ3) is 3.04. The molecule has 0 aromatic heterocycles. The van der Waals surface area contributed by atoms with Gasteiger partial charge in [-0.2, -0.15) is 0 Å². The summed E-state index contributed by atoms with van der Waals surface area (Å²) in [5.41, 5.74) is 0. The lowest BCUT2D eigenvalue weighted by Gasteiger charge is -2.20. The van der Waals surface area contributed by atoms with Crippen LogP contribution in [0.5, 0.6) is 0 Å². The fraction of sp³-hybridized carbons (Fsp3) is 0.833. The Morgan fingerprint density at radius 2 is 2.12 bits per heavy atom. The second-order valence-corrected chi connectivity index (χ2v) is 4.46. The van der Waals surface area contributed by atoms with E-state index in [9.17, 15) is 9.59 Å². The maximum absolute atomic E-state index is 11.7. The predicted molar refractivity (Wildman–Crippen MR) is 62.9 cm³/mol. The summed E-state index contributed by atoms with van der Waals surface area (Å²) in [6, 6.07) is 0.0625. The van der Waals surface area contributed by atoms with E-state index in [0.717, 1.165) is 25.7 Å². The zero-order valence-electron chi connectivity index (χ0n) is 10.5. The Labute approximate surface area is 97.4 Å². The molecule has 2 unspecified atom stereocenters. The summed E-state index contributed by atoms with van der Waals surface area (Å²) < 4.78 is 0. The van der Waals surface area contributed by atoms with E-state index in [0.29, 0.717) is 12.5 Å². The van der Waals surface area contributed by atoms with E-state index in [1.165, 1.54) is 4.90 Å². The molecule has 1 heterocycles. The Bertz CT molecular complexity index is 266. The molecule has 2 atom stereocenters. The topological polar surface area (TPSA) is 49.4 Å². The highest BCUT2D eigenvalue weighted by Crippen LogP contribution is 2.13. The summed E-state index contributed by atoms with van der Waals surface area (Å²) in [5, 5.41) is 3.30. The summed E-state index contributed by atoms with van der Waals surface area (Å²) in [7, 11) is 1.55. The van der Waals surface area contributed by atoms with Crippen LogP contribution >= 0.6 is 0 Å². The second-order valence-electron chi connectivity index (χ2n) is 4.46. The molecule has 0 bridgehead atoms. The third-order valence-corrected chi connectivity index (χ3v) is 3.22. The number of nitrogens with one attached hydrogen (secondary N) is 1. The Morgan fingerprint density at radius 1 is 1.44 bits per heavy atom. The number of imide groups is 1. The van der Waals surface area contributed by atoms with E-state index in [1.807, 2.05) is 0 Å². The molecule has 1 aliphatic heterocycles. The van der Waals surface area contributed by atoms with Gasteiger partial charge in [0.05, 0.1) is 12.5 Å². The third-order valence-electron chi connectivity index (χ3n) is 3.22. The first-order chi connectivity index (χ1) is 7.60. The number of amides is 2. The summed E-state index contributed by atoms with van der Waals surface area (Å²) in [4.78, 5) is 24.3. The smallest absolute Gasteiger partial charge is 0.246 e. The monoisotopic (exact) mass is 226 g/mol. The molecular weight excluding hydrogens is 204 g/mol. The fourth-order valence-electron chi connectivity index (χ4n) is 2.03. The van der Waals surface area contributed by atoms with Crippen LogP contribution in [-0.4, -0.2) is 35.8 Å². The molecule has 1 aliphatic rings. The molecule has 1 rings (SSSR count). The Hall–Kier alpha value is -0.900. The van der Waals surface area contributed by atoms with Crippen molar-refractivity contribution >= 4 is 11.8 Å². The number of nitrogens with zero attached hydrogens (tertiary/aromatic N) is 1. The van der Waals surface area contributed by atoms with Gasteiger partial charge in [0.15, 0.2) is 0 Å². The molecule has 0 radical (unpaired) electrons. The standard InChI is InChI=1S/C12H22N2O2/c1-4-6-7-9(5-2)13-10-8-11(15)14(3)12(10)16/h9-10,13H,4-8H2,1-3H3. The van der Waals surface area contributed by atoms with Gasteiger partial charge in [-0.1, -0.05) is 26.7 Å². The highest BCUT2D eigenvalue weighted by molar-refractivity contribution is 6.05. The van der Waals surface area contributed by atoms with Crippen LogP contribution in [0.1, 0.15) is 46.0 Å². The molecule has 0 aliphatic carbocycles. The van der Waals surface area contributed by atoms with Gasteiger partial charge in [0, 0.05) is 13.1 Å². The highest BCUT2D eigenvalue weighted by atomic mass is 16.2. The molecule has 1 fully saturated rings. The van der Waals surface area contributed by atoms with Gasteiger partial charge in [-0.3, -0.25) is 14.5 Å². The van der Waals surface area contributed by atoms with Gasteiger partial charge < -0.3 is 5.32 Å². The molecule has 1 N–H and O–H groups in total. The lowest BCUT2D eigenvalue weighted by atomic mass is 10.1. The molecule has 2 amide bonds. The van der Waals surface area contributed by atoms with Gasteiger partial charge >= 0.3 is 0 Å². The number of unbranched alkanes of at least 4 members (excludes halogenated alkanes) is 1. The van der Waals surface area contributed by atoms with E-state index in [2.05, 4.69) is 19.2 Å². The van der Waals surface area contributed by atoms with Crippen LogP contribution in [0.15, 0.2) is 0 Å². The molecule has 4 heteroatoms. The number of likely N-dealkylation sites (N-methyl/N-ethyl adjacent to an activating group) is 1. The van der Waals surface area contributed by atoms with Gasteiger partial charge in [0.1, 0.15) is 0 Å². The Kier molecular flexibility index (Phi) is 4.93. The number of carbonyl (C=O) groups excluding carboxylic acids is 2. The summed E-state index contributed by atoms with van der Waals surface area (Å²) in [6.07, 6.45) is 4.72. The maximum atomic E-state index is 11.7. The molecule has 0 aromatic rings. The molecule has 92 valence electrons. The van der Waals surface area contributed by atoms with Crippen LogP contribution < -0.4 is 5.32 Å². The highest BCUT2D eigenvalue weighted by Gasteiger charge is 2.36. The van der Waals surface area contributed by atoms with E-state index in [4.69, 9.17) is 0 Å². The van der Waals surface area contributed by atoms with Crippen molar-refractivity contribution < 1.29 is 9.59 Å². The average molecular weight is 226 g/mol. The van der Waals surface area contributed by atoms with E-state index in [-0.39, 0.29) is 17.9 Å². The number of likely N-dealkylation sites (tertiary alicyclic amines) is 1. The van der Waals surface area contributed by atoms with Crippen molar-refractivity contribution in [1.29, 1.82) is 0 Å². The van der Waals surface area contributed by atoms with Gasteiger partial charge in [-0.25, -0.2) is 0 Å². The van der Waals surface area contributed by atoms with Crippen LogP contribution in [0.2, 0.25) is 0 Å². The van der Waals surface area contributed by atoms with Gasteiger partial charge in [0.2, 0.25) is 11.8 Å². The summed E-state index contributed by atoms with van der Waals surface area (Å²) in [5.74, 6) is -0.159. The second kappa shape index (κ2) is 5.99. The molecule has 0 spiro atoms. The van der Waals surface area contributed by atoms with Crippen molar-refractivity contribution in [3.8, 4) is 0 Å². The maximum Gasteiger partial charge on any atom is 0.246 e. The SMILES string of the molecule is CCCCC(CC)NC1CC(=O)N(C)C1=O. The first-order valence-electron chi connectivity index (χ1n) is 6.16. The minimum absolute atomic E-state index is 0.0761. The number of hydrogen-bond acceptors (Lipinski definition) is 3. The number of rotatable bonds is 6. The lowest BCUT2D eigenvalue weighted by Crippen LogP contribution is -2.42. The van der Waals surface area contributed by atoms with Crippen molar-refractivity contribution in [3.63, 3.8) is 0 Å². The van der Waals surface area contributed by atoms with Crippen LogP contribution in [0.3, 0.4) is 0 Å². The summed E-state index contributed by atoms with van der Waals surface area (Å²) in [6.45, 7) is 4.27. The normalized spacial score (nSPS) is 22.9. The van der Waals surface area contributed by atoms with E-state index >= 15 is 0 Å². The zero-order chi connectivity index (χ0) is 12.1. The first kappa shape index (κ1) is 13.2. The van der Waals surface area contributed by atoms with Crippen LogP contribution in [0, 0.1) is 0 Å². The van der Waals surface area contributed by atoms with Crippen LogP contribution in [-0.2, 0) is 9.59 Å². The lowest BCUT2D eigenvalue weighted by molar-refractivity contribution is -0.137. The molecule has 1 saturated heterocycles. The fourth-order valence-corrected chi connectivity index (χ4v) is 2.03. The minimum Gasteiger partial charge on any atom is -0.303 e. The average Bonchev–Trinajstić information content (AvgIpc) is 2.52. The van der Waals surface area contributed by atoms with Crippen molar-refractivity contribution in [2.24, 2.45) is 0 Å². The van der Waals surface area contributed by atoms with Crippen molar-refractivity contribution in [2.45, 2.75) is 58.0 Å². The van der Waals surface area contributed by atoms with Crippen LogP contribution in [0.4, 0.5) is 0 Å². The minimum atomic E-state index is -0.292. The Balaban J connectivity index is 2.46. The van der Waals surface area contributed by atoms with Crippen LogP contribution in [0.25, 0.3) is 0 Å². The predicted octanol–water partition coefficient (Wildman–Crippen LogP) is 1.30. The van der Waals surface area contributed by atoms with Gasteiger partial charge in [-0.15, -0.1) is 0 Å². The van der Waals surface area contributed by atoms with Crippen molar-refractivity contribution in [2.75, 3.05) is 7.05 Å². The molecule has 0 saturated carbocycles. The number of carbonyl (C=O) groups is 2. The first-order valence-corrected chi connectivity index (χ1v) is 6.16. The van der Waals surface area contributed by atoms with E-state index < -0.39 is 0 Å². The van der Waals surface area contributed by atoms with Gasteiger partial charge in [-0.05, 0) is 12.8 Å². The quantitative estimate of drug-likeness (QED) is 0.695. The van der Waals surface area contributed by atoms with E-state index in [1.54, 1.807) is 7.05 Å². The Morgan fingerprint density at radius 3 is 2.56 bits per heavy atom. The van der Waals surface area contributed by atoms with Crippen molar-refractivity contribution in [3.05, 3.63) is 0 Å². The molecule has 4 nitrogen and oxygen atoms in total. The zero-order valence-corrected chi connectivity index (χ0v) is 10.5. The van der Waals surface area contributed by atoms with Crippen molar-refractivity contribution in [1.82, 2.24) is 10.2 Å². The molecule has 0 aromatic carbocycles. The molecule has 16 heavy (non-hydrogen) atoms. The largest absolute Gasteiger partial charge is 0.303 e. The van der Waals surface area contributed by atoms with Gasteiger partial charge in [0.25, 0.3) is 0 Å².